The van der Waals surface area contributed by atoms with Gasteiger partial charge < -0.3 is 9.47 Å². The molecule has 1 saturated heterocycles. The molecule has 0 bridgehead atoms. The molecular weight excluding hydrogens is 282 g/mol. The molecule has 94 valence electrons. The van der Waals surface area contributed by atoms with E-state index in [1.54, 1.807) is 14.2 Å². The fraction of sp³-hybridized carbons (Fsp3) is 0.538. The fourth-order valence-corrected chi connectivity index (χ4v) is 2.65. The molecule has 0 radical (unpaired) electrons. The molecular formula is C13H18BrNO2. The van der Waals surface area contributed by atoms with E-state index < -0.39 is 0 Å². The number of hydrogen-bond acceptors (Lipinski definition) is 3. The van der Waals surface area contributed by atoms with Gasteiger partial charge in [-0.15, -0.1) is 0 Å². The average molecular weight is 300 g/mol. The fourth-order valence-electron chi connectivity index (χ4n) is 2.24. The van der Waals surface area contributed by atoms with Gasteiger partial charge in [0.25, 0.3) is 0 Å². The van der Waals surface area contributed by atoms with Crippen molar-refractivity contribution < 1.29 is 9.47 Å². The molecule has 4 heteroatoms. The van der Waals surface area contributed by atoms with Crippen molar-refractivity contribution in [3.05, 3.63) is 28.2 Å². The molecule has 0 aliphatic carbocycles. The Bertz CT molecular complexity index is 384. The van der Waals surface area contributed by atoms with Crippen molar-refractivity contribution in [3.8, 4) is 5.75 Å². The highest BCUT2D eigenvalue weighted by Crippen LogP contribution is 2.25. The summed E-state index contributed by atoms with van der Waals surface area (Å²) in [6, 6.07) is 6.13. The highest BCUT2D eigenvalue weighted by molar-refractivity contribution is 9.10. The second-order valence-corrected chi connectivity index (χ2v) is 5.25. The number of methoxy groups -OCH3 is 2. The van der Waals surface area contributed by atoms with Gasteiger partial charge in [0.15, 0.2) is 0 Å². The Hall–Kier alpha value is -0.580. The number of likely N-dealkylation sites (tertiary alicyclic amines) is 1. The summed E-state index contributed by atoms with van der Waals surface area (Å²) < 4.78 is 11.9. The molecule has 0 amide bonds. The lowest BCUT2D eigenvalue weighted by Gasteiger charge is -2.17. The normalized spacial score (nSPS) is 20.8. The van der Waals surface area contributed by atoms with Crippen LogP contribution in [-0.4, -0.2) is 38.3 Å². The van der Waals surface area contributed by atoms with Gasteiger partial charge in [-0.2, -0.15) is 0 Å². The van der Waals surface area contributed by atoms with Crippen LogP contribution in [0.2, 0.25) is 0 Å². The van der Waals surface area contributed by atoms with Gasteiger partial charge in [0.05, 0.1) is 13.2 Å². The van der Waals surface area contributed by atoms with Gasteiger partial charge in [0, 0.05) is 36.8 Å². The minimum atomic E-state index is 0.383. The molecule has 1 aromatic rings. The Labute approximate surface area is 111 Å². The highest BCUT2D eigenvalue weighted by atomic mass is 79.9. The van der Waals surface area contributed by atoms with Crippen LogP contribution in [0.5, 0.6) is 5.75 Å². The molecule has 1 fully saturated rings. The van der Waals surface area contributed by atoms with Gasteiger partial charge in [-0.05, 0) is 24.6 Å². The van der Waals surface area contributed by atoms with Gasteiger partial charge in [-0.1, -0.05) is 15.9 Å². The molecule has 0 unspecified atom stereocenters. The van der Waals surface area contributed by atoms with Crippen LogP contribution < -0.4 is 4.74 Å². The van der Waals surface area contributed by atoms with E-state index in [-0.39, 0.29) is 0 Å². The van der Waals surface area contributed by atoms with Gasteiger partial charge in [0.1, 0.15) is 5.75 Å². The SMILES string of the molecule is COc1ccc(Br)cc1CN1CC[C@H](OC)C1. The maximum Gasteiger partial charge on any atom is 0.123 e. The summed E-state index contributed by atoms with van der Waals surface area (Å²) in [6.07, 6.45) is 1.50. The monoisotopic (exact) mass is 299 g/mol. The molecule has 17 heavy (non-hydrogen) atoms. The van der Waals surface area contributed by atoms with E-state index in [2.05, 4.69) is 26.9 Å². The predicted molar refractivity (Wildman–Crippen MR) is 71.4 cm³/mol. The lowest BCUT2D eigenvalue weighted by atomic mass is 10.2. The Balaban J connectivity index is 2.05. The van der Waals surface area contributed by atoms with Crippen LogP contribution >= 0.6 is 15.9 Å². The minimum Gasteiger partial charge on any atom is -0.496 e. The molecule has 1 atom stereocenters. The Morgan fingerprint density at radius 2 is 2.24 bits per heavy atom. The number of benzene rings is 1. The zero-order chi connectivity index (χ0) is 12.3. The molecule has 1 aliphatic heterocycles. The first-order chi connectivity index (χ1) is 8.22. The van der Waals surface area contributed by atoms with Crippen LogP contribution in [0.1, 0.15) is 12.0 Å². The van der Waals surface area contributed by atoms with Crippen molar-refractivity contribution >= 4 is 15.9 Å². The summed E-state index contributed by atoms with van der Waals surface area (Å²) in [4.78, 5) is 2.40. The third-order valence-corrected chi connectivity index (χ3v) is 3.69. The van der Waals surface area contributed by atoms with Crippen LogP contribution in [0.15, 0.2) is 22.7 Å². The number of hydrogen-bond donors (Lipinski definition) is 0. The topological polar surface area (TPSA) is 21.7 Å². The molecule has 0 spiro atoms. The third-order valence-electron chi connectivity index (χ3n) is 3.20. The van der Waals surface area contributed by atoms with Crippen molar-refractivity contribution in [1.29, 1.82) is 0 Å². The van der Waals surface area contributed by atoms with E-state index in [1.165, 1.54) is 5.56 Å². The minimum absolute atomic E-state index is 0.383. The molecule has 1 aliphatic rings. The van der Waals surface area contributed by atoms with Crippen LogP contribution in [0, 0.1) is 0 Å². The van der Waals surface area contributed by atoms with Crippen LogP contribution in [0.3, 0.4) is 0 Å². The Morgan fingerprint density at radius 1 is 1.41 bits per heavy atom. The summed E-state index contributed by atoms with van der Waals surface area (Å²) in [6.45, 7) is 3.02. The summed E-state index contributed by atoms with van der Waals surface area (Å²) in [5.74, 6) is 0.953. The lowest BCUT2D eigenvalue weighted by Crippen LogP contribution is -2.22. The standard InChI is InChI=1S/C13H18BrNO2/c1-16-12-5-6-15(9-12)8-10-7-11(14)3-4-13(10)17-2/h3-4,7,12H,5-6,8-9H2,1-2H3/t12-/m0/s1. The first kappa shape index (κ1) is 12.9. The van der Waals surface area contributed by atoms with Crippen molar-refractivity contribution in [2.75, 3.05) is 27.3 Å². The van der Waals surface area contributed by atoms with Crippen LogP contribution in [-0.2, 0) is 11.3 Å². The average Bonchev–Trinajstić information content (AvgIpc) is 2.77. The Kier molecular flexibility index (Phi) is 4.42. The number of ether oxygens (including phenoxy) is 2. The van der Waals surface area contributed by atoms with E-state index in [0.717, 1.165) is 36.3 Å². The number of halogens is 1. The van der Waals surface area contributed by atoms with E-state index >= 15 is 0 Å². The first-order valence-corrected chi connectivity index (χ1v) is 6.60. The number of nitrogens with zero attached hydrogens (tertiary/aromatic N) is 1. The van der Waals surface area contributed by atoms with Crippen molar-refractivity contribution in [2.45, 2.75) is 19.1 Å². The second-order valence-electron chi connectivity index (χ2n) is 4.34. The summed E-state index contributed by atoms with van der Waals surface area (Å²) in [5.41, 5.74) is 1.22. The lowest BCUT2D eigenvalue weighted by molar-refractivity contribution is 0.107. The molecule has 0 aromatic heterocycles. The molecule has 3 nitrogen and oxygen atoms in total. The van der Waals surface area contributed by atoms with Gasteiger partial charge in [0.2, 0.25) is 0 Å². The van der Waals surface area contributed by atoms with Crippen molar-refractivity contribution in [1.82, 2.24) is 4.90 Å². The second kappa shape index (κ2) is 5.85. The van der Waals surface area contributed by atoms with Gasteiger partial charge in [-0.3, -0.25) is 4.90 Å². The molecule has 2 rings (SSSR count). The van der Waals surface area contributed by atoms with E-state index in [1.807, 2.05) is 12.1 Å². The van der Waals surface area contributed by atoms with E-state index in [4.69, 9.17) is 9.47 Å². The summed E-state index contributed by atoms with van der Waals surface area (Å²) >= 11 is 3.50. The predicted octanol–water partition coefficient (Wildman–Crippen LogP) is 2.68. The van der Waals surface area contributed by atoms with Gasteiger partial charge >= 0.3 is 0 Å². The van der Waals surface area contributed by atoms with Crippen LogP contribution in [0.4, 0.5) is 0 Å². The Morgan fingerprint density at radius 3 is 2.88 bits per heavy atom. The zero-order valence-electron chi connectivity index (χ0n) is 10.3. The van der Waals surface area contributed by atoms with E-state index in [9.17, 15) is 0 Å². The van der Waals surface area contributed by atoms with Gasteiger partial charge in [-0.25, -0.2) is 0 Å². The van der Waals surface area contributed by atoms with Crippen LogP contribution in [0.25, 0.3) is 0 Å². The van der Waals surface area contributed by atoms with Crippen molar-refractivity contribution in [2.24, 2.45) is 0 Å². The maximum atomic E-state index is 5.39. The quantitative estimate of drug-likeness (QED) is 0.853. The highest BCUT2D eigenvalue weighted by Gasteiger charge is 2.22. The molecule has 0 N–H and O–H groups in total. The molecule has 1 aromatic carbocycles. The largest absolute Gasteiger partial charge is 0.496 e. The smallest absolute Gasteiger partial charge is 0.123 e. The maximum absolute atomic E-state index is 5.39. The van der Waals surface area contributed by atoms with Crippen molar-refractivity contribution in [3.63, 3.8) is 0 Å². The zero-order valence-corrected chi connectivity index (χ0v) is 11.9. The van der Waals surface area contributed by atoms with E-state index in [0.29, 0.717) is 6.10 Å². The summed E-state index contributed by atoms with van der Waals surface area (Å²) in [5, 5.41) is 0. The molecule has 0 saturated carbocycles. The summed E-state index contributed by atoms with van der Waals surface area (Å²) in [7, 11) is 3.50. The molecule has 1 heterocycles. The third kappa shape index (κ3) is 3.21. The number of rotatable bonds is 4. The first-order valence-electron chi connectivity index (χ1n) is 5.80.